The lowest BCUT2D eigenvalue weighted by Crippen LogP contribution is -2.43. The molecule has 38 heavy (non-hydrogen) atoms. The maximum Gasteiger partial charge on any atom is 0.433 e. The number of alkyl halides is 6. The van der Waals surface area contributed by atoms with Crippen LogP contribution in [0, 0.1) is 0 Å². The lowest BCUT2D eigenvalue weighted by atomic mass is 10.0. The molecule has 0 saturated heterocycles. The first-order valence-electron chi connectivity index (χ1n) is 10.9. The van der Waals surface area contributed by atoms with Crippen molar-refractivity contribution in [2.24, 2.45) is 0 Å². The van der Waals surface area contributed by atoms with E-state index in [1.54, 1.807) is 0 Å². The van der Waals surface area contributed by atoms with Crippen molar-refractivity contribution in [3.05, 3.63) is 72.1 Å². The minimum atomic E-state index is -4.82. The summed E-state index contributed by atoms with van der Waals surface area (Å²) in [5, 5.41) is 9.01. The number of halogens is 6. The molecule has 3 aromatic rings. The Morgan fingerprint density at radius 3 is 2.37 bits per heavy atom. The first kappa shape index (κ1) is 27.2. The lowest BCUT2D eigenvalue weighted by molar-refractivity contribution is -0.141. The molecule has 1 N–H and O–H groups in total. The number of ether oxygens (including phenoxy) is 1. The molecule has 1 aliphatic rings. The number of carboxylic acid groups (broad SMARTS) is 1. The zero-order valence-electron chi connectivity index (χ0n) is 19.1. The monoisotopic (exact) mass is 560 g/mol. The highest BCUT2D eigenvalue weighted by Gasteiger charge is 2.37. The lowest BCUT2D eigenvalue weighted by Gasteiger charge is -2.36. The molecular formula is C24H18F6N2O5S. The fourth-order valence-electron chi connectivity index (χ4n) is 3.88. The zero-order valence-corrected chi connectivity index (χ0v) is 19.9. The summed E-state index contributed by atoms with van der Waals surface area (Å²) in [6, 6.07) is 9.07. The minimum absolute atomic E-state index is 0.0314. The second-order valence-corrected chi connectivity index (χ2v) is 10.2. The second-order valence-electron chi connectivity index (χ2n) is 8.34. The molecule has 1 aromatic heterocycles. The van der Waals surface area contributed by atoms with Crippen LogP contribution >= 0.6 is 0 Å². The van der Waals surface area contributed by atoms with Gasteiger partial charge in [-0.25, -0.2) is 8.42 Å². The van der Waals surface area contributed by atoms with Crippen molar-refractivity contribution >= 4 is 21.7 Å². The highest BCUT2D eigenvalue weighted by Crippen LogP contribution is 2.41. The Morgan fingerprint density at radius 1 is 1.00 bits per heavy atom. The summed E-state index contributed by atoms with van der Waals surface area (Å²) in [5.41, 5.74) is -2.28. The second kappa shape index (κ2) is 9.82. The number of carbonyl (C=O) groups is 1. The number of fused-ring (bicyclic) bond motifs is 1. The van der Waals surface area contributed by atoms with Crippen molar-refractivity contribution in [1.29, 1.82) is 0 Å². The van der Waals surface area contributed by atoms with Crippen molar-refractivity contribution in [2.45, 2.75) is 36.2 Å². The molecule has 0 fully saturated rings. The Labute approximate surface area is 212 Å². The molecule has 14 heteroatoms. The number of aromatic nitrogens is 1. The molecule has 0 amide bonds. The molecule has 1 unspecified atom stereocenters. The number of sulfonamides is 1. The molecule has 1 atom stereocenters. The largest absolute Gasteiger partial charge is 0.486 e. The summed E-state index contributed by atoms with van der Waals surface area (Å²) in [7, 11) is -4.65. The maximum atomic E-state index is 13.6. The Morgan fingerprint density at radius 2 is 1.71 bits per heavy atom. The highest BCUT2D eigenvalue weighted by atomic mass is 32.2. The number of hydrogen-bond acceptors (Lipinski definition) is 5. The van der Waals surface area contributed by atoms with Gasteiger partial charge >= 0.3 is 18.3 Å². The van der Waals surface area contributed by atoms with Crippen molar-refractivity contribution in [3.63, 3.8) is 0 Å². The van der Waals surface area contributed by atoms with Gasteiger partial charge in [-0.05, 0) is 60.0 Å². The van der Waals surface area contributed by atoms with Crippen LogP contribution in [0.5, 0.6) is 5.75 Å². The number of aliphatic carboxylic acids is 1. The van der Waals surface area contributed by atoms with Gasteiger partial charge in [0.05, 0.1) is 22.7 Å². The van der Waals surface area contributed by atoms with E-state index in [1.165, 1.54) is 24.3 Å². The zero-order chi connectivity index (χ0) is 27.9. The summed E-state index contributed by atoms with van der Waals surface area (Å²) in [6.45, 7) is -0.438. The molecule has 0 aliphatic carbocycles. The van der Waals surface area contributed by atoms with E-state index in [2.05, 4.69) is 4.98 Å². The predicted molar refractivity (Wildman–Crippen MR) is 122 cm³/mol. The summed E-state index contributed by atoms with van der Waals surface area (Å²) < 4.78 is 113. The molecule has 1 aliphatic heterocycles. The smallest absolute Gasteiger partial charge is 0.433 e. The SMILES string of the molecule is O=C(O)CCC1CN(S(=O)(=O)c2cccc(C(F)(F)F)c2)c2cc(-c3ccnc(C(F)(F)F)c3)ccc2O1. The number of rotatable bonds is 6. The first-order valence-corrected chi connectivity index (χ1v) is 12.4. The molecule has 2 aromatic carbocycles. The van der Waals surface area contributed by atoms with Crippen molar-refractivity contribution in [1.82, 2.24) is 4.98 Å². The van der Waals surface area contributed by atoms with Gasteiger partial charge in [-0.1, -0.05) is 12.1 Å². The molecule has 0 spiro atoms. The first-order chi connectivity index (χ1) is 17.7. The van der Waals surface area contributed by atoms with Gasteiger partial charge in [0.2, 0.25) is 0 Å². The Balaban J connectivity index is 1.82. The fourth-order valence-corrected chi connectivity index (χ4v) is 5.42. The average molecular weight is 560 g/mol. The Kier molecular flexibility index (Phi) is 7.03. The van der Waals surface area contributed by atoms with Crippen LogP contribution in [-0.2, 0) is 27.2 Å². The van der Waals surface area contributed by atoms with Crippen LogP contribution in [-0.4, -0.2) is 37.1 Å². The maximum absolute atomic E-state index is 13.6. The third kappa shape index (κ3) is 5.69. The number of benzene rings is 2. The normalized spacial score (nSPS) is 16.1. The van der Waals surface area contributed by atoms with Crippen LogP contribution < -0.4 is 9.04 Å². The highest BCUT2D eigenvalue weighted by molar-refractivity contribution is 7.92. The van der Waals surface area contributed by atoms with E-state index in [9.17, 15) is 39.6 Å². The van der Waals surface area contributed by atoms with Crippen LogP contribution in [0.1, 0.15) is 24.1 Å². The van der Waals surface area contributed by atoms with Gasteiger partial charge in [0.1, 0.15) is 17.5 Å². The standard InChI is InChI=1S/C24H18F6N2O5S/c25-23(26,27)16-2-1-3-18(12-16)38(35,36)32-13-17(5-7-22(33)34)37-20-6-4-14(10-19(20)32)15-8-9-31-21(11-15)24(28,29)30/h1-4,6,8-12,17H,5,7,13H2,(H,33,34). The van der Waals surface area contributed by atoms with Crippen molar-refractivity contribution < 1.29 is 49.4 Å². The summed E-state index contributed by atoms with van der Waals surface area (Å²) in [5.74, 6) is -1.20. The van der Waals surface area contributed by atoms with Crippen LogP contribution in [0.25, 0.3) is 11.1 Å². The summed E-state index contributed by atoms with van der Waals surface area (Å²) in [4.78, 5) is 13.7. The van der Waals surface area contributed by atoms with Gasteiger partial charge in [-0.2, -0.15) is 26.3 Å². The van der Waals surface area contributed by atoms with E-state index in [0.29, 0.717) is 12.1 Å². The average Bonchev–Trinajstić information content (AvgIpc) is 2.85. The van der Waals surface area contributed by atoms with Crippen molar-refractivity contribution in [2.75, 3.05) is 10.8 Å². The number of pyridine rings is 1. The molecule has 7 nitrogen and oxygen atoms in total. The molecular weight excluding hydrogens is 542 g/mol. The summed E-state index contributed by atoms with van der Waals surface area (Å²) in [6.07, 6.45) is -10.0. The van der Waals surface area contributed by atoms with E-state index >= 15 is 0 Å². The van der Waals surface area contributed by atoms with E-state index in [1.807, 2.05) is 0 Å². The van der Waals surface area contributed by atoms with Crippen LogP contribution in [0.15, 0.2) is 65.7 Å². The molecule has 0 radical (unpaired) electrons. The number of nitrogens with zero attached hydrogens (tertiary/aromatic N) is 2. The molecule has 0 saturated carbocycles. The minimum Gasteiger partial charge on any atom is -0.486 e. The van der Waals surface area contributed by atoms with Crippen molar-refractivity contribution in [3.8, 4) is 16.9 Å². The topological polar surface area (TPSA) is 96.8 Å². The fraction of sp³-hybridized carbons (Fsp3) is 0.250. The van der Waals surface area contributed by atoms with Crippen LogP contribution in [0.2, 0.25) is 0 Å². The number of hydrogen-bond donors (Lipinski definition) is 1. The van der Waals surface area contributed by atoms with Gasteiger partial charge in [0, 0.05) is 12.6 Å². The third-order valence-electron chi connectivity index (χ3n) is 5.70. The van der Waals surface area contributed by atoms with E-state index in [4.69, 9.17) is 9.84 Å². The van der Waals surface area contributed by atoms with Gasteiger partial charge in [0.15, 0.2) is 0 Å². The Bertz CT molecular complexity index is 1470. The number of carboxylic acids is 1. The van der Waals surface area contributed by atoms with Gasteiger partial charge < -0.3 is 9.84 Å². The Hall–Kier alpha value is -3.81. The summed E-state index contributed by atoms with van der Waals surface area (Å²) >= 11 is 0. The van der Waals surface area contributed by atoms with Crippen LogP contribution in [0.4, 0.5) is 32.0 Å². The van der Waals surface area contributed by atoms with Crippen LogP contribution in [0.3, 0.4) is 0 Å². The van der Waals surface area contributed by atoms with Gasteiger partial charge in [-0.15, -0.1) is 0 Å². The molecule has 4 rings (SSSR count). The third-order valence-corrected chi connectivity index (χ3v) is 7.48. The quantitative estimate of drug-likeness (QED) is 0.394. The molecule has 2 heterocycles. The molecule has 0 bridgehead atoms. The predicted octanol–water partition coefficient (Wildman–Crippen LogP) is 5.61. The van der Waals surface area contributed by atoms with E-state index < -0.39 is 57.1 Å². The number of anilines is 1. The van der Waals surface area contributed by atoms with Gasteiger partial charge in [-0.3, -0.25) is 14.1 Å². The molecule has 202 valence electrons. The van der Waals surface area contributed by atoms with Gasteiger partial charge in [0.25, 0.3) is 10.0 Å². The van der Waals surface area contributed by atoms with E-state index in [-0.39, 0.29) is 35.4 Å². The van der Waals surface area contributed by atoms with E-state index in [0.717, 1.165) is 28.7 Å².